The summed E-state index contributed by atoms with van der Waals surface area (Å²) in [6.45, 7) is 5.01. The zero-order chi connectivity index (χ0) is 15.0. The number of ether oxygens (including phenoxy) is 2. The Labute approximate surface area is 120 Å². The van der Waals surface area contributed by atoms with Gasteiger partial charge in [0.2, 0.25) is 5.91 Å². The number of aryl methyl sites for hydroxylation is 1. The number of anilines is 1. The highest BCUT2D eigenvalue weighted by molar-refractivity contribution is 5.91. The van der Waals surface area contributed by atoms with Gasteiger partial charge >= 0.3 is 0 Å². The normalized spacial score (nSPS) is 12.0. The van der Waals surface area contributed by atoms with Gasteiger partial charge in [0.05, 0.1) is 19.1 Å². The van der Waals surface area contributed by atoms with Crippen molar-refractivity contribution in [3.05, 3.63) is 23.8 Å². The van der Waals surface area contributed by atoms with Crippen LogP contribution in [0.3, 0.4) is 0 Å². The lowest BCUT2D eigenvalue weighted by Crippen LogP contribution is -2.28. The van der Waals surface area contributed by atoms with E-state index in [2.05, 4.69) is 12.2 Å². The maximum Gasteiger partial charge on any atom is 0.227 e. The third-order valence-corrected chi connectivity index (χ3v) is 2.95. The minimum absolute atomic E-state index is 0.104. The summed E-state index contributed by atoms with van der Waals surface area (Å²) < 4.78 is 10.6. The number of hydrogen-bond acceptors (Lipinski definition) is 4. The highest BCUT2D eigenvalue weighted by atomic mass is 16.5. The van der Waals surface area contributed by atoms with Crippen LogP contribution in [0.2, 0.25) is 0 Å². The molecule has 1 amide bonds. The molecule has 112 valence electrons. The summed E-state index contributed by atoms with van der Waals surface area (Å²) in [6.07, 6.45) is 0.970. The molecule has 0 bridgehead atoms. The minimum Gasteiger partial charge on any atom is -0.494 e. The summed E-state index contributed by atoms with van der Waals surface area (Å²) in [5, 5.41) is 2.86. The van der Waals surface area contributed by atoms with Crippen molar-refractivity contribution in [1.82, 2.24) is 0 Å². The Bertz CT molecular complexity index is 431. The van der Waals surface area contributed by atoms with Gasteiger partial charge < -0.3 is 20.5 Å². The summed E-state index contributed by atoms with van der Waals surface area (Å²) in [6, 6.07) is 5.62. The van der Waals surface area contributed by atoms with Gasteiger partial charge in [-0.2, -0.15) is 0 Å². The van der Waals surface area contributed by atoms with Gasteiger partial charge in [0, 0.05) is 19.3 Å². The van der Waals surface area contributed by atoms with Gasteiger partial charge in [-0.15, -0.1) is 0 Å². The molecule has 0 aromatic heterocycles. The summed E-state index contributed by atoms with van der Waals surface area (Å²) in [7, 11) is 1.55. The molecule has 0 aliphatic carbocycles. The molecular weight excluding hydrogens is 256 g/mol. The first kappa shape index (κ1) is 16.5. The first-order chi connectivity index (χ1) is 9.60. The SMILES string of the molecule is CCCOc1ccc(NC(=O)CC(CN)OC)c(C)c1. The Morgan fingerprint density at radius 3 is 2.75 bits per heavy atom. The number of nitrogens with two attached hydrogens (primary N) is 1. The van der Waals surface area contributed by atoms with Crippen molar-refractivity contribution in [2.24, 2.45) is 5.73 Å². The molecule has 5 nitrogen and oxygen atoms in total. The molecule has 0 spiro atoms. The number of benzene rings is 1. The molecule has 5 heteroatoms. The Balaban J connectivity index is 2.61. The van der Waals surface area contributed by atoms with Crippen LogP contribution in [0.4, 0.5) is 5.69 Å². The van der Waals surface area contributed by atoms with E-state index in [1.165, 1.54) is 0 Å². The highest BCUT2D eigenvalue weighted by Crippen LogP contribution is 2.21. The molecule has 0 heterocycles. The van der Waals surface area contributed by atoms with E-state index in [1.54, 1.807) is 7.11 Å². The molecule has 1 aromatic rings. The van der Waals surface area contributed by atoms with E-state index >= 15 is 0 Å². The molecule has 20 heavy (non-hydrogen) atoms. The molecule has 0 saturated heterocycles. The average Bonchev–Trinajstić information content (AvgIpc) is 2.45. The molecule has 1 atom stereocenters. The fourth-order valence-electron chi connectivity index (χ4n) is 1.76. The zero-order valence-electron chi connectivity index (χ0n) is 12.4. The van der Waals surface area contributed by atoms with E-state index in [-0.39, 0.29) is 18.4 Å². The van der Waals surface area contributed by atoms with Crippen LogP contribution in [0, 0.1) is 6.92 Å². The maximum atomic E-state index is 11.9. The Hall–Kier alpha value is -1.59. The second-order valence-electron chi connectivity index (χ2n) is 4.67. The van der Waals surface area contributed by atoms with Crippen molar-refractivity contribution in [3.8, 4) is 5.75 Å². The third-order valence-electron chi connectivity index (χ3n) is 2.95. The molecule has 0 radical (unpaired) electrons. The monoisotopic (exact) mass is 280 g/mol. The van der Waals surface area contributed by atoms with Crippen LogP contribution in [0.15, 0.2) is 18.2 Å². The Kier molecular flexibility index (Phi) is 7.04. The Morgan fingerprint density at radius 1 is 1.45 bits per heavy atom. The van der Waals surface area contributed by atoms with Gasteiger partial charge in [-0.25, -0.2) is 0 Å². The van der Waals surface area contributed by atoms with Crippen molar-refractivity contribution in [3.63, 3.8) is 0 Å². The molecule has 1 aromatic carbocycles. The average molecular weight is 280 g/mol. The van der Waals surface area contributed by atoms with Gasteiger partial charge in [-0.1, -0.05) is 6.92 Å². The van der Waals surface area contributed by atoms with Crippen LogP contribution >= 0.6 is 0 Å². The topological polar surface area (TPSA) is 73.6 Å². The van der Waals surface area contributed by atoms with E-state index in [0.717, 1.165) is 23.4 Å². The summed E-state index contributed by atoms with van der Waals surface area (Å²) in [5.74, 6) is 0.715. The van der Waals surface area contributed by atoms with E-state index in [1.807, 2.05) is 25.1 Å². The summed E-state index contributed by atoms with van der Waals surface area (Å²) in [4.78, 5) is 11.9. The quantitative estimate of drug-likeness (QED) is 0.764. The largest absolute Gasteiger partial charge is 0.494 e. The van der Waals surface area contributed by atoms with Crippen molar-refractivity contribution in [2.75, 3.05) is 25.6 Å². The summed E-state index contributed by atoms with van der Waals surface area (Å²) in [5.41, 5.74) is 7.25. The first-order valence-electron chi connectivity index (χ1n) is 6.86. The predicted octanol–water partition coefficient (Wildman–Crippen LogP) is 2.09. The third kappa shape index (κ3) is 5.19. The van der Waals surface area contributed by atoms with Crippen LogP contribution in [0.25, 0.3) is 0 Å². The highest BCUT2D eigenvalue weighted by Gasteiger charge is 2.12. The maximum absolute atomic E-state index is 11.9. The first-order valence-corrected chi connectivity index (χ1v) is 6.86. The van der Waals surface area contributed by atoms with Gasteiger partial charge in [0.15, 0.2) is 0 Å². The fourth-order valence-corrected chi connectivity index (χ4v) is 1.76. The Morgan fingerprint density at radius 2 is 2.20 bits per heavy atom. The van der Waals surface area contributed by atoms with Crippen LogP contribution in [0.1, 0.15) is 25.3 Å². The van der Waals surface area contributed by atoms with Crippen molar-refractivity contribution in [1.29, 1.82) is 0 Å². The molecule has 1 unspecified atom stereocenters. The minimum atomic E-state index is -0.248. The van der Waals surface area contributed by atoms with Crippen LogP contribution < -0.4 is 15.8 Å². The number of amides is 1. The number of carbonyl (C=O) groups is 1. The number of methoxy groups -OCH3 is 1. The van der Waals surface area contributed by atoms with E-state index in [9.17, 15) is 4.79 Å². The van der Waals surface area contributed by atoms with Crippen molar-refractivity contribution in [2.45, 2.75) is 32.8 Å². The number of hydrogen-bond donors (Lipinski definition) is 2. The number of carbonyl (C=O) groups excluding carboxylic acids is 1. The van der Waals surface area contributed by atoms with Gasteiger partial charge in [0.25, 0.3) is 0 Å². The lowest BCUT2D eigenvalue weighted by molar-refractivity contribution is -0.118. The van der Waals surface area contributed by atoms with Crippen molar-refractivity contribution >= 4 is 11.6 Å². The van der Waals surface area contributed by atoms with E-state index < -0.39 is 0 Å². The molecule has 0 saturated carbocycles. The van der Waals surface area contributed by atoms with Crippen LogP contribution in [0.5, 0.6) is 5.75 Å². The molecule has 0 aliphatic rings. The second-order valence-corrected chi connectivity index (χ2v) is 4.67. The van der Waals surface area contributed by atoms with Gasteiger partial charge in [-0.3, -0.25) is 4.79 Å². The van der Waals surface area contributed by atoms with Crippen molar-refractivity contribution < 1.29 is 14.3 Å². The molecular formula is C15H24N2O3. The van der Waals surface area contributed by atoms with Gasteiger partial charge in [0.1, 0.15) is 5.75 Å². The lowest BCUT2D eigenvalue weighted by atomic mass is 10.1. The van der Waals surface area contributed by atoms with E-state index in [4.69, 9.17) is 15.2 Å². The van der Waals surface area contributed by atoms with Crippen LogP contribution in [-0.2, 0) is 9.53 Å². The molecule has 1 rings (SSSR count). The standard InChI is InChI=1S/C15H24N2O3/c1-4-7-20-12-5-6-14(11(2)8-12)17-15(18)9-13(10-16)19-3/h5-6,8,13H,4,7,9-10,16H2,1-3H3,(H,17,18). The smallest absolute Gasteiger partial charge is 0.227 e. The predicted molar refractivity (Wildman–Crippen MR) is 80.1 cm³/mol. The summed E-state index contributed by atoms with van der Waals surface area (Å²) >= 11 is 0. The molecule has 0 fully saturated rings. The van der Waals surface area contributed by atoms with E-state index in [0.29, 0.717) is 13.2 Å². The lowest BCUT2D eigenvalue weighted by Gasteiger charge is -2.14. The van der Waals surface area contributed by atoms with Crippen LogP contribution in [-0.4, -0.2) is 32.3 Å². The zero-order valence-corrected chi connectivity index (χ0v) is 12.4. The number of nitrogens with one attached hydrogen (secondary N) is 1. The second kappa shape index (κ2) is 8.55. The number of rotatable bonds is 8. The fraction of sp³-hybridized carbons (Fsp3) is 0.533. The molecule has 3 N–H and O–H groups in total. The molecule has 0 aliphatic heterocycles. The van der Waals surface area contributed by atoms with Gasteiger partial charge in [-0.05, 0) is 37.1 Å².